The molecule has 1 amide bonds. The minimum Gasteiger partial charge on any atom is -0.367 e. The maximum absolute atomic E-state index is 13.2. The molecule has 0 saturated carbocycles. The van der Waals surface area contributed by atoms with Gasteiger partial charge in [0.1, 0.15) is 0 Å². The van der Waals surface area contributed by atoms with E-state index in [1.54, 1.807) is 0 Å². The van der Waals surface area contributed by atoms with Crippen LogP contribution in [0.25, 0.3) is 0 Å². The molecule has 0 aliphatic carbocycles. The summed E-state index contributed by atoms with van der Waals surface area (Å²) in [6.07, 6.45) is 3.90. The van der Waals surface area contributed by atoms with Crippen LogP contribution < -0.4 is 4.90 Å². The van der Waals surface area contributed by atoms with Gasteiger partial charge in [0.2, 0.25) is 0 Å². The number of anilines is 1. The van der Waals surface area contributed by atoms with Gasteiger partial charge in [0.15, 0.2) is 6.29 Å². The van der Waals surface area contributed by atoms with Crippen molar-refractivity contribution in [2.75, 3.05) is 31.2 Å². The smallest absolute Gasteiger partial charge is 0.254 e. The van der Waals surface area contributed by atoms with Gasteiger partial charge in [-0.2, -0.15) is 0 Å². The van der Waals surface area contributed by atoms with Crippen LogP contribution in [0.3, 0.4) is 0 Å². The van der Waals surface area contributed by atoms with Gasteiger partial charge < -0.3 is 19.3 Å². The zero-order valence-electron chi connectivity index (χ0n) is 16.8. The lowest BCUT2D eigenvalue weighted by atomic mass is 9.99. The first-order valence-electron chi connectivity index (χ1n) is 10.8. The van der Waals surface area contributed by atoms with E-state index < -0.39 is 0 Å². The van der Waals surface area contributed by atoms with Crippen LogP contribution in [-0.4, -0.2) is 49.4 Å². The maximum atomic E-state index is 13.2. The Hall–Kier alpha value is -2.37. The Bertz CT molecular complexity index is 861. The molecule has 152 valence electrons. The molecular weight excluding hydrogens is 364 g/mol. The van der Waals surface area contributed by atoms with Crippen LogP contribution in [0, 0.1) is 0 Å². The van der Waals surface area contributed by atoms with E-state index in [0.29, 0.717) is 13.2 Å². The fourth-order valence-electron chi connectivity index (χ4n) is 4.79. The van der Waals surface area contributed by atoms with Crippen LogP contribution in [0.4, 0.5) is 5.69 Å². The third kappa shape index (κ3) is 3.77. The average Bonchev–Trinajstić information content (AvgIpc) is 3.33. The lowest BCUT2D eigenvalue weighted by molar-refractivity contribution is -0.100. The van der Waals surface area contributed by atoms with Gasteiger partial charge in [0, 0.05) is 30.9 Å². The first-order chi connectivity index (χ1) is 14.3. The highest BCUT2D eigenvalue weighted by Gasteiger charge is 2.36. The molecular formula is C24H28N2O3. The molecule has 29 heavy (non-hydrogen) atoms. The summed E-state index contributed by atoms with van der Waals surface area (Å²) < 4.78 is 11.4. The number of likely N-dealkylation sites (tertiary alicyclic amines) is 1. The Morgan fingerprint density at radius 2 is 1.66 bits per heavy atom. The van der Waals surface area contributed by atoms with Crippen molar-refractivity contribution in [2.24, 2.45) is 0 Å². The second-order valence-corrected chi connectivity index (χ2v) is 8.16. The highest BCUT2D eigenvalue weighted by Crippen LogP contribution is 2.28. The topological polar surface area (TPSA) is 42.0 Å². The standard InChI is InChI=1S/C24H28N2O3/c27-23(26-13-4-3-7-22(26)24-28-15-16-29-24)19-8-10-21(11-9-19)25-14-12-18-5-1-2-6-20(18)17-25/h1-2,5-6,8-11,22,24H,3-4,7,12-17H2. The number of hydrogen-bond acceptors (Lipinski definition) is 4. The highest BCUT2D eigenvalue weighted by molar-refractivity contribution is 5.95. The van der Waals surface area contributed by atoms with E-state index in [9.17, 15) is 4.79 Å². The lowest BCUT2D eigenvalue weighted by Gasteiger charge is -2.38. The van der Waals surface area contributed by atoms with Crippen LogP contribution in [-0.2, 0) is 22.4 Å². The van der Waals surface area contributed by atoms with E-state index in [4.69, 9.17) is 9.47 Å². The number of ether oxygens (including phenoxy) is 2. The number of fused-ring (bicyclic) bond motifs is 1. The number of carbonyl (C=O) groups is 1. The summed E-state index contributed by atoms with van der Waals surface area (Å²) in [5.41, 5.74) is 4.76. The number of amides is 1. The van der Waals surface area contributed by atoms with E-state index in [1.807, 2.05) is 17.0 Å². The molecule has 2 fully saturated rings. The molecule has 0 radical (unpaired) electrons. The fraction of sp³-hybridized carbons (Fsp3) is 0.458. The first-order valence-corrected chi connectivity index (χ1v) is 10.8. The molecule has 3 aliphatic rings. The van der Waals surface area contributed by atoms with Gasteiger partial charge in [-0.1, -0.05) is 24.3 Å². The molecule has 5 nitrogen and oxygen atoms in total. The second kappa shape index (κ2) is 8.17. The first kappa shape index (κ1) is 18.6. The summed E-state index contributed by atoms with van der Waals surface area (Å²) in [5.74, 6) is 0.0874. The minimum absolute atomic E-state index is 0.0250. The number of rotatable bonds is 3. The normalized spacial score (nSPS) is 22.6. The van der Waals surface area contributed by atoms with Crippen molar-refractivity contribution in [2.45, 2.75) is 44.6 Å². The Morgan fingerprint density at radius 1 is 0.897 bits per heavy atom. The van der Waals surface area contributed by atoms with Gasteiger partial charge in [-0.15, -0.1) is 0 Å². The summed E-state index contributed by atoms with van der Waals surface area (Å²) >= 11 is 0. The van der Waals surface area contributed by atoms with Crippen molar-refractivity contribution in [1.82, 2.24) is 4.90 Å². The molecule has 5 heteroatoms. The number of nitrogens with zero attached hydrogens (tertiary/aromatic N) is 2. The number of carbonyl (C=O) groups excluding carboxylic acids is 1. The zero-order chi connectivity index (χ0) is 19.6. The Labute approximate surface area is 172 Å². The van der Waals surface area contributed by atoms with E-state index in [1.165, 1.54) is 16.8 Å². The van der Waals surface area contributed by atoms with Gasteiger partial charge in [0.25, 0.3) is 5.91 Å². The van der Waals surface area contributed by atoms with Crippen molar-refractivity contribution in [1.29, 1.82) is 0 Å². The molecule has 2 aromatic carbocycles. The molecule has 0 N–H and O–H groups in total. The van der Waals surface area contributed by atoms with Crippen molar-refractivity contribution in [3.8, 4) is 0 Å². The Kier molecular flexibility index (Phi) is 5.25. The molecule has 3 aliphatic heterocycles. The summed E-state index contributed by atoms with van der Waals surface area (Å²) in [4.78, 5) is 17.6. The average molecular weight is 392 g/mol. The largest absolute Gasteiger partial charge is 0.367 e. The predicted molar refractivity (Wildman–Crippen MR) is 112 cm³/mol. The Morgan fingerprint density at radius 3 is 2.45 bits per heavy atom. The fourth-order valence-corrected chi connectivity index (χ4v) is 4.79. The maximum Gasteiger partial charge on any atom is 0.254 e. The summed E-state index contributed by atoms with van der Waals surface area (Å²) in [6.45, 7) is 3.95. The quantitative estimate of drug-likeness (QED) is 0.800. The third-order valence-electron chi connectivity index (χ3n) is 6.38. The van der Waals surface area contributed by atoms with Crippen LogP contribution in [0.5, 0.6) is 0 Å². The number of piperidine rings is 1. The van der Waals surface area contributed by atoms with E-state index in [2.05, 4.69) is 41.3 Å². The van der Waals surface area contributed by atoms with E-state index in [0.717, 1.165) is 50.9 Å². The molecule has 1 unspecified atom stereocenters. The van der Waals surface area contributed by atoms with Crippen molar-refractivity contribution >= 4 is 11.6 Å². The van der Waals surface area contributed by atoms with Crippen LogP contribution in [0.1, 0.15) is 40.7 Å². The van der Waals surface area contributed by atoms with Gasteiger partial charge in [-0.05, 0) is 61.1 Å². The predicted octanol–water partition coefficient (Wildman–Crippen LogP) is 3.62. The summed E-state index contributed by atoms with van der Waals surface area (Å²) in [6, 6.07) is 16.8. The minimum atomic E-state index is -0.271. The van der Waals surface area contributed by atoms with E-state index >= 15 is 0 Å². The van der Waals surface area contributed by atoms with Gasteiger partial charge in [-0.25, -0.2) is 0 Å². The van der Waals surface area contributed by atoms with Crippen molar-refractivity contribution < 1.29 is 14.3 Å². The SMILES string of the molecule is O=C(c1ccc(N2CCc3ccccc3C2)cc1)N1CCCCC1C1OCCO1. The number of hydrogen-bond donors (Lipinski definition) is 0. The molecule has 0 bridgehead atoms. The van der Waals surface area contributed by atoms with Crippen LogP contribution >= 0.6 is 0 Å². The van der Waals surface area contributed by atoms with Crippen molar-refractivity contribution in [3.63, 3.8) is 0 Å². The molecule has 3 heterocycles. The second-order valence-electron chi connectivity index (χ2n) is 8.16. The third-order valence-corrected chi connectivity index (χ3v) is 6.38. The van der Waals surface area contributed by atoms with Crippen LogP contribution in [0.2, 0.25) is 0 Å². The number of benzene rings is 2. The van der Waals surface area contributed by atoms with Gasteiger partial charge in [0.05, 0.1) is 19.3 Å². The molecule has 2 saturated heterocycles. The van der Waals surface area contributed by atoms with Gasteiger partial charge >= 0.3 is 0 Å². The molecule has 1 atom stereocenters. The molecule has 0 aromatic heterocycles. The lowest BCUT2D eigenvalue weighted by Crippen LogP contribution is -2.50. The van der Waals surface area contributed by atoms with Crippen molar-refractivity contribution in [3.05, 3.63) is 65.2 Å². The van der Waals surface area contributed by atoms with Gasteiger partial charge in [-0.3, -0.25) is 4.79 Å². The summed E-state index contributed by atoms with van der Waals surface area (Å²) in [5, 5.41) is 0. The zero-order valence-corrected chi connectivity index (χ0v) is 16.8. The van der Waals surface area contributed by atoms with E-state index in [-0.39, 0.29) is 18.2 Å². The molecule has 2 aromatic rings. The monoisotopic (exact) mass is 392 g/mol. The van der Waals surface area contributed by atoms with Crippen LogP contribution in [0.15, 0.2) is 48.5 Å². The summed E-state index contributed by atoms with van der Waals surface area (Å²) in [7, 11) is 0. The molecule has 0 spiro atoms. The molecule has 5 rings (SSSR count). The Balaban J connectivity index is 1.30. The highest BCUT2D eigenvalue weighted by atomic mass is 16.7.